The predicted octanol–water partition coefficient (Wildman–Crippen LogP) is 4.22. The third-order valence-corrected chi connectivity index (χ3v) is 3.84. The topological polar surface area (TPSA) is 51.0 Å². The van der Waals surface area contributed by atoms with Crippen molar-refractivity contribution < 1.29 is 4.42 Å². The van der Waals surface area contributed by atoms with Crippen molar-refractivity contribution in [2.45, 2.75) is 39.1 Å². The fourth-order valence-electron chi connectivity index (χ4n) is 1.80. The maximum Gasteiger partial charge on any atom is 0.315 e. The van der Waals surface area contributed by atoms with E-state index in [0.717, 1.165) is 0 Å². The molecule has 2 aromatic heterocycles. The summed E-state index contributed by atoms with van der Waals surface area (Å²) in [5.41, 5.74) is 1.26. The van der Waals surface area contributed by atoms with Gasteiger partial charge in [0.2, 0.25) is 5.89 Å². The van der Waals surface area contributed by atoms with E-state index in [-0.39, 0.29) is 11.4 Å². The Morgan fingerprint density at radius 1 is 1.33 bits per heavy atom. The normalized spacial score (nSPS) is 14.5. The Bertz CT molecular complexity index is 535. The van der Waals surface area contributed by atoms with E-state index in [2.05, 4.69) is 42.4 Å². The van der Waals surface area contributed by atoms with E-state index in [9.17, 15) is 0 Å². The van der Waals surface area contributed by atoms with Gasteiger partial charge in [-0.2, -0.15) is 0 Å². The van der Waals surface area contributed by atoms with Crippen LogP contribution in [-0.2, 0) is 0 Å². The van der Waals surface area contributed by atoms with Gasteiger partial charge in [-0.25, -0.2) is 0 Å². The standard InChI is InChI=1S/C12H16ClN3OS/c1-6-5-10(9(4)18-6)8(3)14-12-16-15-11(17-12)7(2)13/h5,7-8H,1-4H3,(H,14,16). The molecule has 6 heteroatoms. The van der Waals surface area contributed by atoms with Crippen LogP contribution in [0.15, 0.2) is 10.5 Å². The van der Waals surface area contributed by atoms with Crippen molar-refractivity contribution in [3.05, 3.63) is 27.3 Å². The lowest BCUT2D eigenvalue weighted by Crippen LogP contribution is -2.06. The molecule has 2 atom stereocenters. The predicted molar refractivity (Wildman–Crippen MR) is 74.4 cm³/mol. The number of halogens is 1. The SMILES string of the molecule is Cc1cc(C(C)Nc2nnc(C(C)Cl)o2)c(C)s1. The van der Waals surface area contributed by atoms with Crippen molar-refractivity contribution in [2.24, 2.45) is 0 Å². The van der Waals surface area contributed by atoms with Gasteiger partial charge in [-0.1, -0.05) is 5.10 Å². The number of hydrogen-bond donors (Lipinski definition) is 1. The average Bonchev–Trinajstić information content (AvgIpc) is 2.85. The molecule has 2 heterocycles. The van der Waals surface area contributed by atoms with Gasteiger partial charge >= 0.3 is 6.01 Å². The molecule has 0 bridgehead atoms. The first kappa shape index (κ1) is 13.4. The highest BCUT2D eigenvalue weighted by Gasteiger charge is 2.15. The quantitative estimate of drug-likeness (QED) is 0.855. The minimum Gasteiger partial charge on any atom is -0.406 e. The maximum atomic E-state index is 5.88. The molecule has 18 heavy (non-hydrogen) atoms. The second kappa shape index (κ2) is 5.28. The highest BCUT2D eigenvalue weighted by Crippen LogP contribution is 2.28. The summed E-state index contributed by atoms with van der Waals surface area (Å²) in [5, 5.41) is 10.7. The van der Waals surface area contributed by atoms with Crippen LogP contribution in [0.1, 0.15) is 46.5 Å². The summed E-state index contributed by atoms with van der Waals surface area (Å²) in [5.74, 6) is 0.435. The molecular formula is C12H16ClN3OS. The molecule has 0 aliphatic rings. The molecule has 2 aromatic rings. The van der Waals surface area contributed by atoms with E-state index in [1.54, 1.807) is 18.3 Å². The Balaban J connectivity index is 2.11. The Hall–Kier alpha value is -1.07. The molecule has 0 radical (unpaired) electrons. The number of hydrogen-bond acceptors (Lipinski definition) is 5. The maximum absolute atomic E-state index is 5.88. The van der Waals surface area contributed by atoms with Crippen LogP contribution in [0.2, 0.25) is 0 Å². The van der Waals surface area contributed by atoms with Crippen molar-refractivity contribution in [1.29, 1.82) is 0 Å². The molecule has 0 amide bonds. The van der Waals surface area contributed by atoms with Crippen LogP contribution >= 0.6 is 22.9 Å². The fraction of sp³-hybridized carbons (Fsp3) is 0.500. The van der Waals surface area contributed by atoms with Gasteiger partial charge in [0, 0.05) is 9.75 Å². The van der Waals surface area contributed by atoms with Crippen LogP contribution < -0.4 is 5.32 Å². The summed E-state index contributed by atoms with van der Waals surface area (Å²) >= 11 is 7.67. The van der Waals surface area contributed by atoms with E-state index < -0.39 is 0 Å². The zero-order valence-electron chi connectivity index (χ0n) is 10.8. The van der Waals surface area contributed by atoms with Crippen molar-refractivity contribution in [2.75, 3.05) is 5.32 Å². The van der Waals surface area contributed by atoms with Crippen molar-refractivity contribution in [3.63, 3.8) is 0 Å². The molecule has 0 spiro atoms. The first-order valence-electron chi connectivity index (χ1n) is 5.78. The van der Waals surface area contributed by atoms with Crippen molar-refractivity contribution >= 4 is 29.0 Å². The van der Waals surface area contributed by atoms with Gasteiger partial charge < -0.3 is 9.73 Å². The number of alkyl halides is 1. The van der Waals surface area contributed by atoms with Crippen LogP contribution in [0.3, 0.4) is 0 Å². The summed E-state index contributed by atoms with van der Waals surface area (Å²) in [6, 6.07) is 2.72. The second-order valence-corrected chi connectivity index (χ2v) is 6.41. The molecule has 2 rings (SSSR count). The van der Waals surface area contributed by atoms with E-state index in [1.807, 2.05) is 0 Å². The van der Waals surface area contributed by atoms with Crippen LogP contribution in [0.4, 0.5) is 6.01 Å². The molecule has 0 aliphatic heterocycles. The van der Waals surface area contributed by atoms with E-state index in [1.165, 1.54) is 15.3 Å². The number of thiophene rings is 1. The van der Waals surface area contributed by atoms with E-state index in [0.29, 0.717) is 11.9 Å². The van der Waals surface area contributed by atoms with Gasteiger partial charge in [0.15, 0.2) is 0 Å². The Kier molecular flexibility index (Phi) is 3.92. The largest absolute Gasteiger partial charge is 0.406 e. The summed E-state index contributed by atoms with van der Waals surface area (Å²) in [4.78, 5) is 2.61. The zero-order chi connectivity index (χ0) is 13.3. The number of nitrogens with one attached hydrogen (secondary N) is 1. The molecule has 0 aliphatic carbocycles. The van der Waals surface area contributed by atoms with Crippen LogP contribution in [0.25, 0.3) is 0 Å². The lowest BCUT2D eigenvalue weighted by atomic mass is 10.1. The summed E-state index contributed by atoms with van der Waals surface area (Å²) in [6.07, 6.45) is 0. The highest BCUT2D eigenvalue weighted by atomic mass is 35.5. The Labute approximate surface area is 115 Å². The number of aromatic nitrogens is 2. The third-order valence-electron chi connectivity index (χ3n) is 2.67. The molecule has 0 aromatic carbocycles. The molecule has 4 nitrogen and oxygen atoms in total. The second-order valence-electron chi connectivity index (χ2n) is 4.30. The van der Waals surface area contributed by atoms with Gasteiger partial charge in [0.05, 0.1) is 6.04 Å². The first-order valence-corrected chi connectivity index (χ1v) is 7.03. The summed E-state index contributed by atoms with van der Waals surface area (Å²) in [6.45, 7) is 8.09. The fourth-order valence-corrected chi connectivity index (χ4v) is 2.91. The van der Waals surface area contributed by atoms with Crippen LogP contribution in [0.5, 0.6) is 0 Å². The van der Waals surface area contributed by atoms with Gasteiger partial charge in [-0.05, 0) is 39.3 Å². The van der Waals surface area contributed by atoms with Crippen LogP contribution in [-0.4, -0.2) is 10.2 Å². The van der Waals surface area contributed by atoms with E-state index in [4.69, 9.17) is 16.0 Å². The smallest absolute Gasteiger partial charge is 0.315 e. The summed E-state index contributed by atoms with van der Waals surface area (Å²) < 4.78 is 5.42. The van der Waals surface area contributed by atoms with Crippen molar-refractivity contribution in [1.82, 2.24) is 10.2 Å². The minimum atomic E-state index is -0.270. The van der Waals surface area contributed by atoms with Gasteiger partial charge in [0.25, 0.3) is 0 Å². The molecule has 0 fully saturated rings. The monoisotopic (exact) mass is 285 g/mol. The molecule has 98 valence electrons. The highest BCUT2D eigenvalue weighted by molar-refractivity contribution is 7.12. The minimum absolute atomic E-state index is 0.133. The van der Waals surface area contributed by atoms with Crippen LogP contribution in [0, 0.1) is 13.8 Å². The molecular weight excluding hydrogens is 270 g/mol. The lowest BCUT2D eigenvalue weighted by molar-refractivity contribution is 0.502. The van der Waals surface area contributed by atoms with Gasteiger partial charge in [-0.3, -0.25) is 0 Å². The Morgan fingerprint density at radius 3 is 2.56 bits per heavy atom. The van der Waals surface area contributed by atoms with Gasteiger partial charge in [-0.15, -0.1) is 28.0 Å². The molecule has 0 saturated carbocycles. The van der Waals surface area contributed by atoms with Gasteiger partial charge in [0.1, 0.15) is 5.38 Å². The number of rotatable bonds is 4. The van der Waals surface area contributed by atoms with Crippen molar-refractivity contribution in [3.8, 4) is 0 Å². The number of aryl methyl sites for hydroxylation is 2. The number of anilines is 1. The molecule has 1 N–H and O–H groups in total. The third kappa shape index (κ3) is 2.84. The lowest BCUT2D eigenvalue weighted by Gasteiger charge is -2.11. The zero-order valence-corrected chi connectivity index (χ0v) is 12.4. The summed E-state index contributed by atoms with van der Waals surface area (Å²) in [7, 11) is 0. The first-order chi connectivity index (χ1) is 8.47. The Morgan fingerprint density at radius 2 is 2.06 bits per heavy atom. The van der Waals surface area contributed by atoms with E-state index >= 15 is 0 Å². The molecule has 2 unspecified atom stereocenters. The average molecular weight is 286 g/mol. The molecule has 0 saturated heterocycles. The number of nitrogens with zero attached hydrogens (tertiary/aromatic N) is 2.